The van der Waals surface area contributed by atoms with Crippen LogP contribution in [0.1, 0.15) is 32.1 Å². The van der Waals surface area contributed by atoms with E-state index in [2.05, 4.69) is 16.4 Å². The van der Waals surface area contributed by atoms with Crippen LogP contribution >= 0.6 is 34.7 Å². The number of hydrogen-bond donors (Lipinski definition) is 1. The number of benzene rings is 1. The van der Waals surface area contributed by atoms with E-state index in [4.69, 9.17) is 11.6 Å². The Balaban J connectivity index is 1.48. The molecule has 30 heavy (non-hydrogen) atoms. The monoisotopic (exact) mass is 459 g/mol. The summed E-state index contributed by atoms with van der Waals surface area (Å²) < 4.78 is 2.15. The highest BCUT2D eigenvalue weighted by molar-refractivity contribution is 7.99. The summed E-state index contributed by atoms with van der Waals surface area (Å²) in [5.41, 5.74) is 2.64. The standard InChI is InChI=1S/C22H22ClN3O2S2/c23-16-6-8-17(9-7-16)26-21(28)20-18(11-13-29-20)25-22(26)30-14-19(27)24-12-10-15-4-2-1-3-5-15/h4,6-9,11,13H,1-3,5,10,12,14H2,(H,24,27). The van der Waals surface area contributed by atoms with Crippen molar-refractivity contribution in [1.29, 1.82) is 0 Å². The van der Waals surface area contributed by atoms with Crippen molar-refractivity contribution in [3.8, 4) is 5.69 Å². The minimum absolute atomic E-state index is 0.0567. The highest BCUT2D eigenvalue weighted by Crippen LogP contribution is 2.24. The fourth-order valence-corrected chi connectivity index (χ4v) is 5.21. The number of thioether (sulfide) groups is 1. The zero-order valence-corrected chi connectivity index (χ0v) is 18.8. The van der Waals surface area contributed by atoms with E-state index in [1.54, 1.807) is 28.8 Å². The second kappa shape index (κ2) is 9.81. The molecule has 0 saturated heterocycles. The van der Waals surface area contributed by atoms with Gasteiger partial charge in [-0.3, -0.25) is 14.2 Å². The van der Waals surface area contributed by atoms with Crippen LogP contribution in [-0.2, 0) is 4.79 Å². The molecule has 3 aromatic rings. The van der Waals surface area contributed by atoms with Gasteiger partial charge in [0.15, 0.2) is 5.16 Å². The maximum Gasteiger partial charge on any atom is 0.276 e. The summed E-state index contributed by atoms with van der Waals surface area (Å²) >= 11 is 8.64. The molecule has 0 atom stereocenters. The Hall–Kier alpha value is -2.09. The summed E-state index contributed by atoms with van der Waals surface area (Å²) in [5, 5.41) is 5.93. The van der Waals surface area contributed by atoms with Gasteiger partial charge < -0.3 is 5.32 Å². The van der Waals surface area contributed by atoms with Gasteiger partial charge in [-0.2, -0.15) is 0 Å². The van der Waals surface area contributed by atoms with Gasteiger partial charge >= 0.3 is 0 Å². The molecule has 1 aliphatic rings. The van der Waals surface area contributed by atoms with Crippen molar-refractivity contribution in [1.82, 2.24) is 14.9 Å². The number of nitrogens with one attached hydrogen (secondary N) is 1. The predicted molar refractivity (Wildman–Crippen MR) is 125 cm³/mol. The van der Waals surface area contributed by atoms with Gasteiger partial charge in [0.05, 0.1) is 17.0 Å². The molecule has 156 valence electrons. The molecule has 2 aromatic heterocycles. The number of aromatic nitrogens is 2. The van der Waals surface area contributed by atoms with Gasteiger partial charge in [0.25, 0.3) is 5.56 Å². The molecule has 0 saturated carbocycles. The van der Waals surface area contributed by atoms with Crippen molar-refractivity contribution in [3.63, 3.8) is 0 Å². The van der Waals surface area contributed by atoms with Crippen molar-refractivity contribution in [2.24, 2.45) is 0 Å². The van der Waals surface area contributed by atoms with Crippen LogP contribution < -0.4 is 10.9 Å². The third-order valence-corrected chi connectivity index (χ3v) is 7.10. The predicted octanol–water partition coefficient (Wildman–Crippen LogP) is 5.20. The molecule has 0 aliphatic heterocycles. The molecule has 0 bridgehead atoms. The third kappa shape index (κ3) is 4.96. The summed E-state index contributed by atoms with van der Waals surface area (Å²) in [6.07, 6.45) is 8.01. The van der Waals surface area contributed by atoms with E-state index in [0.717, 1.165) is 19.3 Å². The number of nitrogens with zero attached hydrogens (tertiary/aromatic N) is 2. The number of hydrogen-bond acceptors (Lipinski definition) is 5. The Morgan fingerprint density at radius 2 is 2.07 bits per heavy atom. The number of rotatable bonds is 7. The van der Waals surface area contributed by atoms with Crippen LogP contribution in [0.3, 0.4) is 0 Å². The van der Waals surface area contributed by atoms with Crippen LogP contribution in [0.25, 0.3) is 15.9 Å². The topological polar surface area (TPSA) is 64.0 Å². The summed E-state index contributed by atoms with van der Waals surface area (Å²) in [6, 6.07) is 8.88. The van der Waals surface area contributed by atoms with Crippen LogP contribution in [-0.4, -0.2) is 27.8 Å². The molecule has 0 unspecified atom stereocenters. The van der Waals surface area contributed by atoms with E-state index in [-0.39, 0.29) is 17.2 Å². The van der Waals surface area contributed by atoms with Gasteiger partial charge in [-0.15, -0.1) is 11.3 Å². The van der Waals surface area contributed by atoms with Crippen molar-refractivity contribution in [2.75, 3.05) is 12.3 Å². The lowest BCUT2D eigenvalue weighted by atomic mass is 9.97. The fraction of sp³-hybridized carbons (Fsp3) is 0.318. The Kier molecular flexibility index (Phi) is 6.92. The highest BCUT2D eigenvalue weighted by atomic mass is 35.5. The molecule has 1 aromatic carbocycles. The highest BCUT2D eigenvalue weighted by Gasteiger charge is 2.16. The smallest absolute Gasteiger partial charge is 0.276 e. The summed E-state index contributed by atoms with van der Waals surface area (Å²) in [7, 11) is 0. The minimum Gasteiger partial charge on any atom is -0.355 e. The first-order valence-electron chi connectivity index (χ1n) is 9.95. The van der Waals surface area contributed by atoms with Crippen LogP contribution in [0.4, 0.5) is 0 Å². The fourth-order valence-electron chi connectivity index (χ4n) is 3.48. The maximum atomic E-state index is 13.1. The Morgan fingerprint density at radius 3 is 2.83 bits per heavy atom. The average molecular weight is 460 g/mol. The van der Waals surface area contributed by atoms with Crippen molar-refractivity contribution >= 4 is 50.8 Å². The Morgan fingerprint density at radius 1 is 1.23 bits per heavy atom. The molecule has 4 rings (SSSR count). The number of carbonyl (C=O) groups excluding carboxylic acids is 1. The van der Waals surface area contributed by atoms with E-state index < -0.39 is 0 Å². The quantitative estimate of drug-likeness (QED) is 0.299. The zero-order valence-electron chi connectivity index (χ0n) is 16.4. The third-order valence-electron chi connectivity index (χ3n) is 5.02. The summed E-state index contributed by atoms with van der Waals surface area (Å²) in [5.74, 6) is 0.146. The lowest BCUT2D eigenvalue weighted by Crippen LogP contribution is -2.27. The molecule has 1 N–H and O–H groups in total. The number of halogens is 1. The van der Waals surface area contributed by atoms with E-state index >= 15 is 0 Å². The lowest BCUT2D eigenvalue weighted by Gasteiger charge is -2.14. The van der Waals surface area contributed by atoms with Crippen LogP contribution in [0.15, 0.2) is 57.3 Å². The zero-order chi connectivity index (χ0) is 20.9. The number of carbonyl (C=O) groups is 1. The summed E-state index contributed by atoms with van der Waals surface area (Å²) in [6.45, 7) is 0.645. The molecule has 0 radical (unpaired) electrons. The number of amides is 1. The first-order chi connectivity index (χ1) is 14.6. The second-order valence-electron chi connectivity index (χ2n) is 7.14. The van der Waals surface area contributed by atoms with E-state index in [9.17, 15) is 9.59 Å². The van der Waals surface area contributed by atoms with Gasteiger partial charge in [0.2, 0.25) is 5.91 Å². The minimum atomic E-state index is -0.135. The number of allylic oxidation sites excluding steroid dienone is 1. The van der Waals surface area contributed by atoms with Gasteiger partial charge in [0, 0.05) is 11.6 Å². The molecule has 2 heterocycles. The molecule has 1 amide bonds. The Bertz CT molecular complexity index is 1140. The maximum absolute atomic E-state index is 13.1. The van der Waals surface area contributed by atoms with Gasteiger partial charge in [0.1, 0.15) is 4.70 Å². The molecule has 5 nitrogen and oxygen atoms in total. The normalized spacial score (nSPS) is 14.0. The molecule has 1 aliphatic carbocycles. The van der Waals surface area contributed by atoms with E-state index in [1.165, 1.54) is 41.5 Å². The average Bonchev–Trinajstić information content (AvgIpc) is 3.23. The second-order valence-corrected chi connectivity index (χ2v) is 9.44. The molecule has 0 spiro atoms. The van der Waals surface area contributed by atoms with E-state index in [1.807, 2.05) is 11.4 Å². The van der Waals surface area contributed by atoms with Crippen molar-refractivity contribution < 1.29 is 4.79 Å². The van der Waals surface area contributed by atoms with Gasteiger partial charge in [-0.05, 0) is 67.8 Å². The number of thiophene rings is 1. The van der Waals surface area contributed by atoms with Gasteiger partial charge in [-0.25, -0.2) is 4.98 Å². The van der Waals surface area contributed by atoms with Crippen molar-refractivity contribution in [2.45, 2.75) is 37.3 Å². The molecular formula is C22H22ClN3O2S2. The van der Waals surface area contributed by atoms with Crippen molar-refractivity contribution in [3.05, 3.63) is 62.7 Å². The van der Waals surface area contributed by atoms with Gasteiger partial charge in [-0.1, -0.05) is 35.0 Å². The molecule has 0 fully saturated rings. The number of fused-ring (bicyclic) bond motifs is 1. The van der Waals surface area contributed by atoms with Crippen LogP contribution in [0.5, 0.6) is 0 Å². The molecular weight excluding hydrogens is 438 g/mol. The lowest BCUT2D eigenvalue weighted by molar-refractivity contribution is -0.118. The van der Waals surface area contributed by atoms with E-state index in [0.29, 0.717) is 32.6 Å². The summed E-state index contributed by atoms with van der Waals surface area (Å²) in [4.78, 5) is 30.1. The molecule has 8 heteroatoms. The first-order valence-corrected chi connectivity index (χ1v) is 12.2. The van der Waals surface area contributed by atoms with Crippen LogP contribution in [0, 0.1) is 0 Å². The van der Waals surface area contributed by atoms with Crippen LogP contribution in [0.2, 0.25) is 5.02 Å². The Labute approximate surface area is 188 Å². The SMILES string of the molecule is O=C(CSc1nc2ccsc2c(=O)n1-c1ccc(Cl)cc1)NCCC1=CCCCC1. The first kappa shape index (κ1) is 21.2. The largest absolute Gasteiger partial charge is 0.355 e.